The number of hydrogen-bond donors (Lipinski definition) is 1. The molecule has 4 heteroatoms. The van der Waals surface area contributed by atoms with Crippen molar-refractivity contribution in [2.75, 3.05) is 13.1 Å². The zero-order valence-corrected chi connectivity index (χ0v) is 12.5. The van der Waals surface area contributed by atoms with Crippen LogP contribution in [0.1, 0.15) is 38.5 Å². The van der Waals surface area contributed by atoms with Crippen LogP contribution in [-0.2, 0) is 6.54 Å². The van der Waals surface area contributed by atoms with E-state index >= 15 is 0 Å². The molecule has 1 aromatic rings. The van der Waals surface area contributed by atoms with Crippen molar-refractivity contribution in [1.82, 2.24) is 15.2 Å². The molecular weight excluding hydrogens is 242 g/mol. The van der Waals surface area contributed by atoms with Crippen LogP contribution in [0.2, 0.25) is 0 Å². The zero-order valence-electron chi connectivity index (χ0n) is 11.7. The van der Waals surface area contributed by atoms with E-state index in [1.54, 1.807) is 11.3 Å². The number of hydrogen-bond acceptors (Lipinski definition) is 4. The minimum absolute atomic E-state index is 0.642. The van der Waals surface area contributed by atoms with Gasteiger partial charge in [-0.2, -0.15) is 0 Å². The summed E-state index contributed by atoms with van der Waals surface area (Å²) in [5, 5.41) is 3.70. The first-order valence-corrected chi connectivity index (χ1v) is 7.88. The van der Waals surface area contributed by atoms with Crippen molar-refractivity contribution in [2.24, 2.45) is 5.92 Å². The molecule has 0 bridgehead atoms. The summed E-state index contributed by atoms with van der Waals surface area (Å²) in [6, 6.07) is 1.31. The molecule has 2 heterocycles. The normalized spacial score (nSPS) is 26.4. The minimum atomic E-state index is 0.642. The third-order valence-corrected chi connectivity index (χ3v) is 4.44. The predicted octanol–water partition coefficient (Wildman–Crippen LogP) is 2.74. The van der Waals surface area contributed by atoms with Crippen molar-refractivity contribution in [3.63, 3.8) is 0 Å². The molecule has 1 saturated heterocycles. The first-order chi connectivity index (χ1) is 8.65. The summed E-state index contributed by atoms with van der Waals surface area (Å²) in [4.78, 5) is 8.17. The molecule has 1 N–H and O–H groups in total. The lowest BCUT2D eigenvalue weighted by Gasteiger charge is -2.29. The third-order valence-electron chi connectivity index (χ3n) is 3.67. The van der Waals surface area contributed by atoms with Gasteiger partial charge >= 0.3 is 0 Å². The fraction of sp³-hybridized carbons (Fsp3) is 0.786. The molecule has 0 aliphatic carbocycles. The van der Waals surface area contributed by atoms with Gasteiger partial charge in [0.05, 0.1) is 5.51 Å². The fourth-order valence-corrected chi connectivity index (χ4v) is 3.29. The van der Waals surface area contributed by atoms with Crippen LogP contribution in [0.5, 0.6) is 0 Å². The number of rotatable bonds is 4. The summed E-state index contributed by atoms with van der Waals surface area (Å²) in [6.45, 7) is 10.3. The summed E-state index contributed by atoms with van der Waals surface area (Å²) in [5.74, 6) is 0.765. The molecule has 0 radical (unpaired) electrons. The standard InChI is InChI=1S/C14H25N3S/c1-11(2)6-13-8-17(12(3)4-5-16-13)9-14-7-15-10-18-14/h7,10-13,16H,4-6,8-9H2,1-3H3. The first-order valence-electron chi connectivity index (χ1n) is 7.00. The number of aromatic nitrogens is 1. The van der Waals surface area contributed by atoms with Gasteiger partial charge in [0.25, 0.3) is 0 Å². The topological polar surface area (TPSA) is 28.2 Å². The molecular formula is C14H25N3S. The lowest BCUT2D eigenvalue weighted by Crippen LogP contribution is -2.40. The van der Waals surface area contributed by atoms with Gasteiger partial charge < -0.3 is 5.32 Å². The Morgan fingerprint density at radius 1 is 1.56 bits per heavy atom. The Labute approximate surface area is 115 Å². The number of nitrogens with one attached hydrogen (secondary N) is 1. The Hall–Kier alpha value is -0.450. The number of thiazole rings is 1. The SMILES string of the molecule is CC(C)CC1CN(Cc2cncs2)C(C)CCN1. The van der Waals surface area contributed by atoms with E-state index < -0.39 is 0 Å². The molecule has 2 rings (SSSR count). The summed E-state index contributed by atoms with van der Waals surface area (Å²) in [7, 11) is 0. The van der Waals surface area contributed by atoms with Crippen molar-refractivity contribution in [1.29, 1.82) is 0 Å². The van der Waals surface area contributed by atoms with Crippen molar-refractivity contribution < 1.29 is 0 Å². The molecule has 18 heavy (non-hydrogen) atoms. The van der Waals surface area contributed by atoms with E-state index in [2.05, 4.69) is 36.0 Å². The maximum Gasteiger partial charge on any atom is 0.0794 e. The second-order valence-electron chi connectivity index (χ2n) is 5.82. The van der Waals surface area contributed by atoms with Gasteiger partial charge in [0, 0.05) is 36.2 Å². The molecule has 2 atom stereocenters. The van der Waals surface area contributed by atoms with E-state index in [1.807, 2.05) is 11.7 Å². The van der Waals surface area contributed by atoms with Gasteiger partial charge in [0.2, 0.25) is 0 Å². The highest BCUT2D eigenvalue weighted by Crippen LogP contribution is 2.18. The lowest BCUT2D eigenvalue weighted by molar-refractivity contribution is 0.191. The van der Waals surface area contributed by atoms with Gasteiger partial charge in [-0.25, -0.2) is 0 Å². The molecule has 102 valence electrons. The monoisotopic (exact) mass is 267 g/mol. The van der Waals surface area contributed by atoms with Crippen LogP contribution >= 0.6 is 11.3 Å². The maximum absolute atomic E-state index is 4.18. The molecule has 0 saturated carbocycles. The van der Waals surface area contributed by atoms with Crippen molar-refractivity contribution in [3.8, 4) is 0 Å². The highest BCUT2D eigenvalue weighted by Gasteiger charge is 2.23. The van der Waals surface area contributed by atoms with Gasteiger partial charge in [0.15, 0.2) is 0 Å². The molecule has 1 aliphatic heterocycles. The van der Waals surface area contributed by atoms with Gasteiger partial charge in [-0.3, -0.25) is 9.88 Å². The zero-order chi connectivity index (χ0) is 13.0. The summed E-state index contributed by atoms with van der Waals surface area (Å²) < 4.78 is 0. The summed E-state index contributed by atoms with van der Waals surface area (Å²) >= 11 is 1.77. The Kier molecular flexibility index (Phi) is 5.15. The molecule has 1 aliphatic rings. The van der Waals surface area contributed by atoms with Crippen LogP contribution in [0.4, 0.5) is 0 Å². The Morgan fingerprint density at radius 2 is 2.39 bits per heavy atom. The fourth-order valence-electron chi connectivity index (χ4n) is 2.67. The minimum Gasteiger partial charge on any atom is -0.313 e. The summed E-state index contributed by atoms with van der Waals surface area (Å²) in [5.41, 5.74) is 1.93. The lowest BCUT2D eigenvalue weighted by atomic mass is 10.0. The second kappa shape index (κ2) is 6.64. The largest absolute Gasteiger partial charge is 0.313 e. The smallest absolute Gasteiger partial charge is 0.0794 e. The third kappa shape index (κ3) is 4.04. The summed E-state index contributed by atoms with van der Waals surface area (Å²) in [6.07, 6.45) is 4.52. The van der Waals surface area contributed by atoms with Gasteiger partial charge in [-0.15, -0.1) is 11.3 Å². The van der Waals surface area contributed by atoms with E-state index in [0.717, 1.165) is 25.6 Å². The highest BCUT2D eigenvalue weighted by molar-refractivity contribution is 7.09. The van der Waals surface area contributed by atoms with E-state index in [1.165, 1.54) is 17.7 Å². The van der Waals surface area contributed by atoms with Gasteiger partial charge in [-0.05, 0) is 32.2 Å². The Morgan fingerprint density at radius 3 is 3.06 bits per heavy atom. The van der Waals surface area contributed by atoms with E-state index in [4.69, 9.17) is 0 Å². The molecule has 0 aromatic carbocycles. The van der Waals surface area contributed by atoms with Gasteiger partial charge in [-0.1, -0.05) is 13.8 Å². The van der Waals surface area contributed by atoms with E-state index in [0.29, 0.717) is 12.1 Å². The maximum atomic E-state index is 4.18. The average molecular weight is 267 g/mol. The van der Waals surface area contributed by atoms with Crippen LogP contribution in [0.15, 0.2) is 11.7 Å². The van der Waals surface area contributed by atoms with Crippen LogP contribution in [-0.4, -0.2) is 35.1 Å². The molecule has 2 unspecified atom stereocenters. The van der Waals surface area contributed by atoms with Crippen molar-refractivity contribution >= 4 is 11.3 Å². The molecule has 0 spiro atoms. The molecule has 1 aromatic heterocycles. The molecule has 1 fully saturated rings. The predicted molar refractivity (Wildman–Crippen MR) is 77.8 cm³/mol. The second-order valence-corrected chi connectivity index (χ2v) is 6.79. The Bertz CT molecular complexity index is 337. The van der Waals surface area contributed by atoms with Crippen LogP contribution in [0.25, 0.3) is 0 Å². The molecule has 0 amide bonds. The quantitative estimate of drug-likeness (QED) is 0.909. The first kappa shape index (κ1) is 14.0. The molecule has 3 nitrogen and oxygen atoms in total. The van der Waals surface area contributed by atoms with E-state index in [9.17, 15) is 0 Å². The van der Waals surface area contributed by atoms with Crippen molar-refractivity contribution in [2.45, 2.75) is 52.2 Å². The van der Waals surface area contributed by atoms with Crippen LogP contribution in [0.3, 0.4) is 0 Å². The van der Waals surface area contributed by atoms with Gasteiger partial charge in [0.1, 0.15) is 0 Å². The Balaban J connectivity index is 1.96. The van der Waals surface area contributed by atoms with Crippen LogP contribution in [0, 0.1) is 5.92 Å². The van der Waals surface area contributed by atoms with E-state index in [-0.39, 0.29) is 0 Å². The van der Waals surface area contributed by atoms with Crippen molar-refractivity contribution in [3.05, 3.63) is 16.6 Å². The van der Waals surface area contributed by atoms with Crippen LogP contribution < -0.4 is 5.32 Å². The average Bonchev–Trinajstić information content (AvgIpc) is 2.73. The highest BCUT2D eigenvalue weighted by atomic mass is 32.1. The number of nitrogens with zero attached hydrogens (tertiary/aromatic N) is 2.